The number of morpholine rings is 1. The van der Waals surface area contributed by atoms with Crippen molar-refractivity contribution in [2.75, 3.05) is 37.0 Å². The SMILES string of the molecule is Cc1nc(N2CCOCC2)sc1C(=O)NNC(=O)CSC(c1ccccc1)c1ccccc1. The summed E-state index contributed by atoms with van der Waals surface area (Å²) < 4.78 is 5.37. The Hall–Kier alpha value is -2.88. The number of rotatable bonds is 7. The van der Waals surface area contributed by atoms with Crippen LogP contribution in [0.4, 0.5) is 5.13 Å². The predicted octanol–water partition coefficient (Wildman–Crippen LogP) is 3.57. The molecule has 0 unspecified atom stereocenters. The molecule has 2 amide bonds. The fourth-order valence-electron chi connectivity index (χ4n) is 3.50. The van der Waals surface area contributed by atoms with Crippen LogP contribution in [0, 0.1) is 6.92 Å². The smallest absolute Gasteiger partial charge is 0.281 e. The maximum absolute atomic E-state index is 12.6. The maximum Gasteiger partial charge on any atom is 0.281 e. The molecule has 7 nitrogen and oxygen atoms in total. The molecule has 2 N–H and O–H groups in total. The van der Waals surface area contributed by atoms with E-state index in [0.29, 0.717) is 23.8 Å². The molecule has 1 aliphatic heterocycles. The number of benzene rings is 2. The Morgan fingerprint density at radius 2 is 1.64 bits per heavy atom. The molecule has 0 bridgehead atoms. The lowest BCUT2D eigenvalue weighted by atomic mass is 10.0. The highest BCUT2D eigenvalue weighted by Gasteiger charge is 2.21. The van der Waals surface area contributed by atoms with Gasteiger partial charge in [-0.2, -0.15) is 0 Å². The molecule has 0 atom stereocenters. The zero-order valence-electron chi connectivity index (χ0n) is 18.3. The monoisotopic (exact) mass is 482 g/mol. The Kier molecular flexibility index (Phi) is 7.98. The predicted molar refractivity (Wildman–Crippen MR) is 133 cm³/mol. The van der Waals surface area contributed by atoms with Crippen LogP contribution in [0.1, 0.15) is 31.7 Å². The summed E-state index contributed by atoms with van der Waals surface area (Å²) in [5, 5.41) is 0.824. The van der Waals surface area contributed by atoms with Crippen molar-refractivity contribution in [2.24, 2.45) is 0 Å². The van der Waals surface area contributed by atoms with Crippen LogP contribution in [0.5, 0.6) is 0 Å². The van der Waals surface area contributed by atoms with Gasteiger partial charge >= 0.3 is 0 Å². The van der Waals surface area contributed by atoms with Gasteiger partial charge in [0.25, 0.3) is 5.91 Å². The lowest BCUT2D eigenvalue weighted by Crippen LogP contribution is -2.42. The molecule has 33 heavy (non-hydrogen) atoms. The van der Waals surface area contributed by atoms with Crippen molar-refractivity contribution in [3.05, 3.63) is 82.4 Å². The number of aromatic nitrogens is 1. The van der Waals surface area contributed by atoms with Crippen molar-refractivity contribution >= 4 is 40.0 Å². The Balaban J connectivity index is 1.33. The first-order valence-electron chi connectivity index (χ1n) is 10.7. The molecular weight excluding hydrogens is 456 g/mol. The number of hydrogen-bond acceptors (Lipinski definition) is 7. The third-order valence-electron chi connectivity index (χ3n) is 5.17. The van der Waals surface area contributed by atoms with Crippen molar-refractivity contribution < 1.29 is 14.3 Å². The topological polar surface area (TPSA) is 83.6 Å². The summed E-state index contributed by atoms with van der Waals surface area (Å²) in [7, 11) is 0. The van der Waals surface area contributed by atoms with Gasteiger partial charge in [0.2, 0.25) is 5.91 Å². The van der Waals surface area contributed by atoms with Gasteiger partial charge in [-0.3, -0.25) is 20.4 Å². The van der Waals surface area contributed by atoms with Crippen molar-refractivity contribution in [3.8, 4) is 0 Å². The minimum Gasteiger partial charge on any atom is -0.378 e. The van der Waals surface area contributed by atoms with Gasteiger partial charge in [-0.15, -0.1) is 11.8 Å². The Bertz CT molecular complexity index is 1030. The van der Waals surface area contributed by atoms with Crippen molar-refractivity contribution in [1.82, 2.24) is 15.8 Å². The summed E-state index contributed by atoms with van der Waals surface area (Å²) in [5.74, 6) is -0.415. The number of hydrogen-bond donors (Lipinski definition) is 2. The van der Waals surface area contributed by atoms with Crippen LogP contribution in [-0.4, -0.2) is 48.9 Å². The summed E-state index contributed by atoms with van der Waals surface area (Å²) in [4.78, 5) is 32.3. The molecule has 1 aliphatic rings. The molecule has 1 aromatic heterocycles. The van der Waals surface area contributed by atoms with Crippen LogP contribution in [0.15, 0.2) is 60.7 Å². The Morgan fingerprint density at radius 1 is 1.03 bits per heavy atom. The van der Waals surface area contributed by atoms with E-state index in [1.54, 1.807) is 6.92 Å². The highest BCUT2D eigenvalue weighted by atomic mass is 32.2. The number of thioether (sulfide) groups is 1. The molecule has 0 aliphatic carbocycles. The molecule has 3 aromatic rings. The number of ether oxygens (including phenoxy) is 1. The van der Waals surface area contributed by atoms with E-state index >= 15 is 0 Å². The largest absolute Gasteiger partial charge is 0.378 e. The third kappa shape index (κ3) is 6.13. The van der Waals surface area contributed by atoms with Crippen LogP contribution < -0.4 is 15.8 Å². The Morgan fingerprint density at radius 3 is 2.24 bits per heavy atom. The molecule has 4 rings (SSSR count). The van der Waals surface area contributed by atoms with E-state index in [4.69, 9.17) is 4.74 Å². The van der Waals surface area contributed by atoms with Gasteiger partial charge < -0.3 is 9.64 Å². The van der Waals surface area contributed by atoms with Crippen molar-refractivity contribution in [1.29, 1.82) is 0 Å². The Labute approximate surface area is 201 Å². The number of anilines is 1. The molecule has 1 fully saturated rings. The molecular formula is C24H26N4O3S2. The van der Waals surface area contributed by atoms with Gasteiger partial charge in [-0.1, -0.05) is 72.0 Å². The summed E-state index contributed by atoms with van der Waals surface area (Å²) >= 11 is 2.85. The first kappa shape index (κ1) is 23.3. The number of hydrazine groups is 1. The standard InChI is InChI=1S/C24H26N4O3S2/c1-17-21(33-24(25-17)28-12-14-31-15-13-28)23(30)27-26-20(29)16-32-22(18-8-4-2-5-9-18)19-10-6-3-7-11-19/h2-11,22H,12-16H2,1H3,(H,26,29)(H,27,30). The minimum absolute atomic E-state index is 0.0219. The fraction of sp³-hybridized carbons (Fsp3) is 0.292. The molecule has 2 heterocycles. The minimum atomic E-state index is -0.356. The first-order valence-corrected chi connectivity index (χ1v) is 12.6. The van der Waals surface area contributed by atoms with Gasteiger partial charge in [0.15, 0.2) is 5.13 Å². The highest BCUT2D eigenvalue weighted by molar-refractivity contribution is 8.00. The number of thiazole rings is 1. The number of amides is 2. The zero-order chi connectivity index (χ0) is 23.0. The second-order valence-electron chi connectivity index (χ2n) is 7.53. The molecule has 172 valence electrons. The maximum atomic E-state index is 12.6. The number of nitrogens with one attached hydrogen (secondary N) is 2. The van der Waals surface area contributed by atoms with Crippen molar-refractivity contribution in [3.63, 3.8) is 0 Å². The van der Waals surface area contributed by atoms with Gasteiger partial charge in [0.05, 0.1) is 29.9 Å². The lowest BCUT2D eigenvalue weighted by molar-refractivity contribution is -0.119. The van der Waals surface area contributed by atoms with E-state index in [1.807, 2.05) is 36.4 Å². The van der Waals surface area contributed by atoms with Crippen LogP contribution in [0.3, 0.4) is 0 Å². The van der Waals surface area contributed by atoms with Gasteiger partial charge in [0, 0.05) is 13.1 Å². The van der Waals surface area contributed by atoms with Gasteiger partial charge in [0.1, 0.15) is 4.88 Å². The molecule has 9 heteroatoms. The normalized spacial score (nSPS) is 13.7. The molecule has 1 saturated heterocycles. The van der Waals surface area contributed by atoms with Crippen LogP contribution >= 0.6 is 23.1 Å². The quantitative estimate of drug-likeness (QED) is 0.501. The van der Waals surface area contributed by atoms with E-state index in [2.05, 4.69) is 45.0 Å². The van der Waals surface area contributed by atoms with Crippen LogP contribution in [-0.2, 0) is 9.53 Å². The molecule has 0 saturated carbocycles. The number of carbonyl (C=O) groups is 2. The number of aryl methyl sites for hydroxylation is 1. The first-order chi connectivity index (χ1) is 16.1. The average Bonchev–Trinajstić information content (AvgIpc) is 3.26. The fourth-order valence-corrected chi connectivity index (χ4v) is 5.60. The van der Waals surface area contributed by atoms with E-state index < -0.39 is 0 Å². The van der Waals surface area contributed by atoms with E-state index in [1.165, 1.54) is 23.1 Å². The second-order valence-corrected chi connectivity index (χ2v) is 9.60. The van der Waals surface area contributed by atoms with Gasteiger partial charge in [-0.25, -0.2) is 4.98 Å². The molecule has 2 aromatic carbocycles. The van der Waals surface area contributed by atoms with E-state index in [-0.39, 0.29) is 22.8 Å². The number of carbonyl (C=O) groups excluding carboxylic acids is 2. The van der Waals surface area contributed by atoms with Gasteiger partial charge in [-0.05, 0) is 18.1 Å². The summed E-state index contributed by atoms with van der Waals surface area (Å²) in [5.41, 5.74) is 7.98. The molecule has 0 spiro atoms. The summed E-state index contributed by atoms with van der Waals surface area (Å²) in [6, 6.07) is 20.2. The number of nitrogens with zero attached hydrogens (tertiary/aromatic N) is 2. The molecule has 0 radical (unpaired) electrons. The summed E-state index contributed by atoms with van der Waals surface area (Å²) in [6.07, 6.45) is 0. The average molecular weight is 483 g/mol. The van der Waals surface area contributed by atoms with Crippen LogP contribution in [0.25, 0.3) is 0 Å². The third-order valence-corrected chi connectivity index (χ3v) is 7.70. The van der Waals surface area contributed by atoms with Crippen LogP contribution in [0.2, 0.25) is 0 Å². The van der Waals surface area contributed by atoms with E-state index in [0.717, 1.165) is 29.3 Å². The summed E-state index contributed by atoms with van der Waals surface area (Å²) in [6.45, 7) is 4.62. The highest BCUT2D eigenvalue weighted by Crippen LogP contribution is 2.35. The zero-order valence-corrected chi connectivity index (χ0v) is 20.0. The van der Waals surface area contributed by atoms with Crippen molar-refractivity contribution in [2.45, 2.75) is 12.2 Å². The second kappa shape index (κ2) is 11.3. The lowest BCUT2D eigenvalue weighted by Gasteiger charge is -2.25. The van der Waals surface area contributed by atoms with E-state index in [9.17, 15) is 9.59 Å².